The number of thioether (sulfide) groups is 1. The van der Waals surface area contributed by atoms with Gasteiger partial charge in [-0.05, 0) is 45.2 Å². The average molecular weight is 459 g/mol. The average Bonchev–Trinajstić information content (AvgIpc) is 3.05. The highest BCUT2D eigenvalue weighted by Crippen LogP contribution is 2.25. The van der Waals surface area contributed by atoms with Crippen molar-refractivity contribution in [1.29, 1.82) is 0 Å². The molecular formula is C20H30N2O6S2. The summed E-state index contributed by atoms with van der Waals surface area (Å²) in [5, 5.41) is 2.62. The fraction of sp³-hybridized carbons (Fsp3) is 0.600. The summed E-state index contributed by atoms with van der Waals surface area (Å²) < 4.78 is 9.86. The molecule has 0 spiro atoms. The summed E-state index contributed by atoms with van der Waals surface area (Å²) in [4.78, 5) is 49.3. The van der Waals surface area contributed by atoms with Crippen LogP contribution in [0, 0.1) is 6.92 Å². The Labute approximate surface area is 185 Å². The molecule has 30 heavy (non-hydrogen) atoms. The molecule has 0 fully saturated rings. The third-order valence-corrected chi connectivity index (χ3v) is 6.30. The van der Waals surface area contributed by atoms with Crippen molar-refractivity contribution in [1.82, 2.24) is 5.32 Å². The molecular weight excluding hydrogens is 428 g/mol. The number of nitrogens with one attached hydrogen (secondary N) is 1. The van der Waals surface area contributed by atoms with E-state index >= 15 is 0 Å². The van der Waals surface area contributed by atoms with Crippen molar-refractivity contribution >= 4 is 46.1 Å². The van der Waals surface area contributed by atoms with Crippen LogP contribution < -0.4 is 11.1 Å². The van der Waals surface area contributed by atoms with E-state index in [1.165, 1.54) is 30.0 Å². The van der Waals surface area contributed by atoms with Crippen LogP contribution >= 0.6 is 23.1 Å². The molecule has 1 aromatic heterocycles. The maximum absolute atomic E-state index is 12.8. The molecule has 168 valence electrons. The number of thiophene rings is 1. The Kier molecular flexibility index (Phi) is 11.1. The second kappa shape index (κ2) is 12.7. The standard InChI is InChI=1S/C20H30N2O6S2/c1-5-27-17(24)9-10-20(21,19(26)28-6-2)22-18(25)16-12-13(3)15(30-16)8-7-11-29-14(4)23/h12H,5-11,21H2,1-4H3,(H,22,25). The van der Waals surface area contributed by atoms with Crippen LogP contribution in [0.5, 0.6) is 0 Å². The Bertz CT molecular complexity index is 764. The van der Waals surface area contributed by atoms with Gasteiger partial charge in [-0.25, -0.2) is 4.79 Å². The van der Waals surface area contributed by atoms with E-state index in [2.05, 4.69) is 5.32 Å². The normalized spacial score (nSPS) is 12.7. The minimum Gasteiger partial charge on any atom is -0.466 e. The number of carbonyl (C=O) groups is 4. The van der Waals surface area contributed by atoms with E-state index in [1.807, 2.05) is 6.92 Å². The van der Waals surface area contributed by atoms with E-state index in [-0.39, 0.29) is 31.2 Å². The Morgan fingerprint density at radius 1 is 1.20 bits per heavy atom. The zero-order chi connectivity index (χ0) is 22.7. The maximum Gasteiger partial charge on any atom is 0.346 e. The van der Waals surface area contributed by atoms with Gasteiger partial charge in [-0.3, -0.25) is 20.1 Å². The molecule has 0 aliphatic rings. The van der Waals surface area contributed by atoms with E-state index in [9.17, 15) is 19.2 Å². The topological polar surface area (TPSA) is 125 Å². The number of carbonyl (C=O) groups excluding carboxylic acids is 4. The molecule has 8 nitrogen and oxygen atoms in total. The number of esters is 2. The summed E-state index contributed by atoms with van der Waals surface area (Å²) in [6.45, 7) is 7.05. The lowest BCUT2D eigenvalue weighted by Crippen LogP contribution is -2.62. The summed E-state index contributed by atoms with van der Waals surface area (Å²) in [5.41, 5.74) is 5.26. The van der Waals surface area contributed by atoms with Crippen LogP contribution in [0.15, 0.2) is 6.07 Å². The molecule has 1 amide bonds. The van der Waals surface area contributed by atoms with Crippen LogP contribution in [0.3, 0.4) is 0 Å². The quantitative estimate of drug-likeness (QED) is 0.278. The number of hydrogen-bond donors (Lipinski definition) is 2. The first kappa shape index (κ1) is 26.1. The van der Waals surface area contributed by atoms with Crippen LogP contribution in [0.1, 0.15) is 60.1 Å². The van der Waals surface area contributed by atoms with Gasteiger partial charge in [0.2, 0.25) is 0 Å². The van der Waals surface area contributed by atoms with Crippen LogP contribution in [-0.4, -0.2) is 47.6 Å². The van der Waals surface area contributed by atoms with Crippen molar-refractivity contribution in [3.63, 3.8) is 0 Å². The fourth-order valence-corrected chi connectivity index (χ4v) is 4.29. The van der Waals surface area contributed by atoms with Gasteiger partial charge in [0.05, 0.1) is 18.1 Å². The predicted octanol–water partition coefficient (Wildman–Crippen LogP) is 2.56. The van der Waals surface area contributed by atoms with Gasteiger partial charge in [0.25, 0.3) is 5.91 Å². The molecule has 0 radical (unpaired) electrons. The third kappa shape index (κ3) is 8.45. The first-order valence-corrected chi connectivity index (χ1v) is 11.6. The number of nitrogens with two attached hydrogens (primary N) is 1. The SMILES string of the molecule is CCOC(=O)CCC(N)(NC(=O)c1cc(C)c(CCCSC(C)=O)s1)C(=O)OCC. The predicted molar refractivity (Wildman–Crippen MR) is 117 cm³/mol. The Balaban J connectivity index is 2.85. The zero-order valence-corrected chi connectivity index (χ0v) is 19.5. The summed E-state index contributed by atoms with van der Waals surface area (Å²) in [5.74, 6) is -1.11. The molecule has 1 heterocycles. The molecule has 1 atom stereocenters. The van der Waals surface area contributed by atoms with Crippen LogP contribution in [0.4, 0.5) is 0 Å². The number of rotatable bonds is 12. The molecule has 0 saturated heterocycles. The zero-order valence-electron chi connectivity index (χ0n) is 17.9. The maximum atomic E-state index is 12.8. The molecule has 0 aliphatic heterocycles. The Morgan fingerprint density at radius 2 is 1.87 bits per heavy atom. The molecule has 1 unspecified atom stereocenters. The molecule has 1 aromatic rings. The monoisotopic (exact) mass is 458 g/mol. The van der Waals surface area contributed by atoms with Crippen LogP contribution in [-0.2, 0) is 30.3 Å². The number of aryl methyl sites for hydroxylation is 2. The van der Waals surface area contributed by atoms with Crippen LogP contribution in [0.2, 0.25) is 0 Å². The molecule has 3 N–H and O–H groups in total. The Morgan fingerprint density at radius 3 is 2.47 bits per heavy atom. The van der Waals surface area contributed by atoms with E-state index in [0.29, 0.717) is 4.88 Å². The Hall–Kier alpha value is -1.91. The molecule has 0 aromatic carbocycles. The van der Waals surface area contributed by atoms with Gasteiger partial charge in [0.1, 0.15) is 0 Å². The lowest BCUT2D eigenvalue weighted by Gasteiger charge is -2.27. The second-order valence-electron chi connectivity index (χ2n) is 6.61. The summed E-state index contributed by atoms with van der Waals surface area (Å²) in [6, 6.07) is 1.74. The van der Waals surface area contributed by atoms with Gasteiger partial charge >= 0.3 is 11.9 Å². The first-order chi connectivity index (χ1) is 14.1. The highest BCUT2D eigenvalue weighted by Gasteiger charge is 2.38. The van der Waals surface area contributed by atoms with Gasteiger partial charge in [-0.15, -0.1) is 11.3 Å². The second-order valence-corrected chi connectivity index (χ2v) is 9.02. The first-order valence-electron chi connectivity index (χ1n) is 9.79. The number of amides is 1. The van der Waals surface area contributed by atoms with E-state index in [4.69, 9.17) is 15.2 Å². The minimum atomic E-state index is -1.84. The van der Waals surface area contributed by atoms with Gasteiger partial charge < -0.3 is 14.8 Å². The van der Waals surface area contributed by atoms with E-state index < -0.39 is 23.5 Å². The number of ether oxygens (including phenoxy) is 2. The molecule has 1 rings (SSSR count). The smallest absolute Gasteiger partial charge is 0.346 e. The summed E-state index contributed by atoms with van der Waals surface area (Å²) >= 11 is 2.60. The lowest BCUT2D eigenvalue weighted by molar-refractivity contribution is -0.152. The lowest BCUT2D eigenvalue weighted by atomic mass is 10.0. The minimum absolute atomic E-state index is 0.0824. The highest BCUT2D eigenvalue weighted by molar-refractivity contribution is 8.13. The third-order valence-electron chi connectivity index (χ3n) is 4.10. The van der Waals surface area contributed by atoms with E-state index in [1.54, 1.807) is 19.9 Å². The highest BCUT2D eigenvalue weighted by atomic mass is 32.2. The number of hydrogen-bond acceptors (Lipinski definition) is 9. The van der Waals surface area contributed by atoms with Crippen molar-refractivity contribution in [3.8, 4) is 0 Å². The van der Waals surface area contributed by atoms with Crippen molar-refractivity contribution in [2.45, 2.75) is 59.0 Å². The van der Waals surface area contributed by atoms with Crippen LogP contribution in [0.25, 0.3) is 0 Å². The largest absolute Gasteiger partial charge is 0.466 e. The van der Waals surface area contributed by atoms with Crippen molar-refractivity contribution in [3.05, 3.63) is 21.4 Å². The van der Waals surface area contributed by atoms with Gasteiger partial charge in [0.15, 0.2) is 10.8 Å². The van der Waals surface area contributed by atoms with Crippen molar-refractivity contribution in [2.75, 3.05) is 19.0 Å². The van der Waals surface area contributed by atoms with E-state index in [0.717, 1.165) is 29.0 Å². The summed E-state index contributed by atoms with van der Waals surface area (Å²) in [7, 11) is 0. The summed E-state index contributed by atoms with van der Waals surface area (Å²) in [6.07, 6.45) is 1.29. The van der Waals surface area contributed by atoms with Crippen molar-refractivity contribution < 1.29 is 28.7 Å². The molecule has 10 heteroatoms. The molecule has 0 saturated carbocycles. The molecule has 0 aliphatic carbocycles. The fourth-order valence-electron chi connectivity index (χ4n) is 2.60. The van der Waals surface area contributed by atoms with Gasteiger partial charge in [-0.2, -0.15) is 0 Å². The van der Waals surface area contributed by atoms with Crippen molar-refractivity contribution in [2.24, 2.45) is 5.73 Å². The van der Waals surface area contributed by atoms with Gasteiger partial charge in [-0.1, -0.05) is 11.8 Å². The van der Waals surface area contributed by atoms with Gasteiger partial charge in [0, 0.05) is 30.4 Å². The molecule has 0 bridgehead atoms.